The summed E-state index contributed by atoms with van der Waals surface area (Å²) in [6.07, 6.45) is -4.86. The molecule has 1 heterocycles. The normalized spacial score (nSPS) is 11.1. The third kappa shape index (κ3) is 6.46. The minimum atomic E-state index is -4.78. The zero-order valence-corrected chi connectivity index (χ0v) is 16.6. The van der Waals surface area contributed by atoms with Gasteiger partial charge in [0.2, 0.25) is 5.91 Å². The Kier molecular flexibility index (Phi) is 6.58. The van der Waals surface area contributed by atoms with Crippen LogP contribution in [0.4, 0.5) is 24.0 Å². The van der Waals surface area contributed by atoms with Gasteiger partial charge in [0.15, 0.2) is 5.13 Å². The SMILES string of the molecule is O=C(Cc1csc(NC(=O)c2ccc(Cl)cc2)n1)Nc1ccc(OC(F)(F)F)cc1. The van der Waals surface area contributed by atoms with Crippen LogP contribution in [-0.4, -0.2) is 23.2 Å². The van der Waals surface area contributed by atoms with E-state index in [4.69, 9.17) is 11.6 Å². The highest BCUT2D eigenvalue weighted by Crippen LogP contribution is 2.24. The van der Waals surface area contributed by atoms with Crippen molar-refractivity contribution < 1.29 is 27.5 Å². The summed E-state index contributed by atoms with van der Waals surface area (Å²) < 4.78 is 40.2. The van der Waals surface area contributed by atoms with Crippen LogP contribution in [0.3, 0.4) is 0 Å². The van der Waals surface area contributed by atoms with Crippen LogP contribution >= 0.6 is 22.9 Å². The number of carbonyl (C=O) groups excluding carboxylic acids is 2. The maximum Gasteiger partial charge on any atom is 0.573 e. The molecule has 0 aliphatic carbocycles. The first-order valence-corrected chi connectivity index (χ1v) is 9.61. The maximum absolute atomic E-state index is 12.2. The molecule has 6 nitrogen and oxygen atoms in total. The van der Waals surface area contributed by atoms with E-state index >= 15 is 0 Å². The van der Waals surface area contributed by atoms with Crippen molar-refractivity contribution in [1.82, 2.24) is 4.98 Å². The Balaban J connectivity index is 1.53. The minimum Gasteiger partial charge on any atom is -0.406 e. The van der Waals surface area contributed by atoms with Crippen LogP contribution in [0, 0.1) is 0 Å². The molecule has 0 atom stereocenters. The monoisotopic (exact) mass is 455 g/mol. The average Bonchev–Trinajstić information content (AvgIpc) is 3.09. The molecule has 0 radical (unpaired) electrons. The molecule has 156 valence electrons. The second-order valence-electron chi connectivity index (χ2n) is 5.90. The van der Waals surface area contributed by atoms with Crippen molar-refractivity contribution in [3.05, 3.63) is 70.2 Å². The summed E-state index contributed by atoms with van der Waals surface area (Å²) in [6, 6.07) is 11.1. The Morgan fingerprint density at radius 3 is 2.33 bits per heavy atom. The van der Waals surface area contributed by atoms with E-state index in [0.29, 0.717) is 27.1 Å². The molecule has 1 aromatic heterocycles. The minimum absolute atomic E-state index is 0.0753. The number of hydrogen-bond donors (Lipinski definition) is 2. The molecule has 0 aliphatic heterocycles. The van der Waals surface area contributed by atoms with E-state index in [-0.39, 0.29) is 18.1 Å². The number of amides is 2. The summed E-state index contributed by atoms with van der Waals surface area (Å²) in [4.78, 5) is 28.5. The first-order valence-electron chi connectivity index (χ1n) is 8.35. The van der Waals surface area contributed by atoms with Crippen molar-refractivity contribution in [2.45, 2.75) is 12.8 Å². The second kappa shape index (κ2) is 9.14. The van der Waals surface area contributed by atoms with Gasteiger partial charge in [-0.2, -0.15) is 0 Å². The van der Waals surface area contributed by atoms with Crippen LogP contribution in [-0.2, 0) is 11.2 Å². The number of benzene rings is 2. The van der Waals surface area contributed by atoms with Crippen molar-refractivity contribution in [2.75, 3.05) is 10.6 Å². The molecule has 0 saturated heterocycles. The van der Waals surface area contributed by atoms with E-state index in [0.717, 1.165) is 23.5 Å². The van der Waals surface area contributed by atoms with Gasteiger partial charge in [-0.25, -0.2) is 4.98 Å². The number of nitrogens with one attached hydrogen (secondary N) is 2. The molecule has 0 saturated carbocycles. The molecular weight excluding hydrogens is 443 g/mol. The standard InChI is InChI=1S/C19H13ClF3N3O3S/c20-12-3-1-11(2-4-12)17(28)26-18-25-14(10-30-18)9-16(27)24-13-5-7-15(8-6-13)29-19(21,22)23/h1-8,10H,9H2,(H,24,27)(H,25,26,28). The van der Waals surface area contributed by atoms with Gasteiger partial charge in [0.05, 0.1) is 12.1 Å². The van der Waals surface area contributed by atoms with Gasteiger partial charge in [0.25, 0.3) is 5.91 Å². The van der Waals surface area contributed by atoms with E-state index in [9.17, 15) is 22.8 Å². The third-order valence-corrected chi connectivity index (χ3v) is 4.65. The fourth-order valence-electron chi connectivity index (χ4n) is 2.33. The Hall–Kier alpha value is -3.11. The third-order valence-electron chi connectivity index (χ3n) is 3.59. The number of aromatic nitrogens is 1. The second-order valence-corrected chi connectivity index (χ2v) is 7.20. The maximum atomic E-state index is 12.2. The van der Waals surface area contributed by atoms with E-state index in [1.54, 1.807) is 29.6 Å². The number of thiazole rings is 1. The van der Waals surface area contributed by atoms with Crippen LogP contribution in [0.25, 0.3) is 0 Å². The molecule has 0 bridgehead atoms. The van der Waals surface area contributed by atoms with Crippen molar-refractivity contribution >= 4 is 45.6 Å². The summed E-state index contributed by atoms with van der Waals surface area (Å²) >= 11 is 6.95. The van der Waals surface area contributed by atoms with Crippen molar-refractivity contribution in [1.29, 1.82) is 0 Å². The lowest BCUT2D eigenvalue weighted by molar-refractivity contribution is -0.274. The van der Waals surface area contributed by atoms with E-state index in [2.05, 4.69) is 20.4 Å². The molecule has 2 N–H and O–H groups in total. The van der Waals surface area contributed by atoms with E-state index in [1.165, 1.54) is 12.1 Å². The zero-order valence-electron chi connectivity index (χ0n) is 15.0. The lowest BCUT2D eigenvalue weighted by Gasteiger charge is -2.09. The molecular formula is C19H13ClF3N3O3S. The Labute approximate surface area is 177 Å². The van der Waals surface area contributed by atoms with Gasteiger partial charge in [0, 0.05) is 21.7 Å². The number of nitrogens with zero attached hydrogens (tertiary/aromatic N) is 1. The van der Waals surface area contributed by atoms with Gasteiger partial charge in [-0.3, -0.25) is 14.9 Å². The van der Waals surface area contributed by atoms with Gasteiger partial charge in [0.1, 0.15) is 5.75 Å². The Bertz CT molecular complexity index is 1040. The quantitative estimate of drug-likeness (QED) is 0.540. The number of carbonyl (C=O) groups is 2. The largest absolute Gasteiger partial charge is 0.573 e. The number of rotatable bonds is 6. The van der Waals surface area contributed by atoms with Crippen molar-refractivity contribution in [3.63, 3.8) is 0 Å². The molecule has 30 heavy (non-hydrogen) atoms. The summed E-state index contributed by atoms with van der Waals surface area (Å²) in [6.45, 7) is 0. The van der Waals surface area contributed by atoms with Crippen LogP contribution < -0.4 is 15.4 Å². The highest BCUT2D eigenvalue weighted by molar-refractivity contribution is 7.14. The summed E-state index contributed by atoms with van der Waals surface area (Å²) in [5, 5.41) is 7.64. The predicted molar refractivity (Wildman–Crippen MR) is 107 cm³/mol. The molecule has 0 spiro atoms. The Morgan fingerprint density at radius 1 is 1.03 bits per heavy atom. The van der Waals surface area contributed by atoms with Gasteiger partial charge in [-0.1, -0.05) is 11.6 Å². The molecule has 0 fully saturated rings. The highest BCUT2D eigenvalue weighted by atomic mass is 35.5. The topological polar surface area (TPSA) is 80.3 Å². The summed E-state index contributed by atoms with van der Waals surface area (Å²) in [7, 11) is 0. The number of halogens is 4. The fraction of sp³-hybridized carbons (Fsp3) is 0.105. The fourth-order valence-corrected chi connectivity index (χ4v) is 3.16. The van der Waals surface area contributed by atoms with Crippen LogP contribution in [0.5, 0.6) is 5.75 Å². The lowest BCUT2D eigenvalue weighted by Crippen LogP contribution is -2.17. The van der Waals surface area contributed by atoms with Gasteiger partial charge >= 0.3 is 6.36 Å². The molecule has 3 aromatic rings. The molecule has 3 rings (SSSR count). The Morgan fingerprint density at radius 2 is 1.70 bits per heavy atom. The number of alkyl halides is 3. The number of hydrogen-bond acceptors (Lipinski definition) is 5. The molecule has 0 aliphatic rings. The van der Waals surface area contributed by atoms with Crippen molar-refractivity contribution in [3.8, 4) is 5.75 Å². The van der Waals surface area contributed by atoms with Crippen LogP contribution in [0.2, 0.25) is 5.02 Å². The highest BCUT2D eigenvalue weighted by Gasteiger charge is 2.30. The van der Waals surface area contributed by atoms with Gasteiger partial charge in [-0.15, -0.1) is 24.5 Å². The number of ether oxygens (including phenoxy) is 1. The summed E-state index contributed by atoms with van der Waals surface area (Å²) in [5.41, 5.74) is 1.15. The van der Waals surface area contributed by atoms with Crippen molar-refractivity contribution in [2.24, 2.45) is 0 Å². The van der Waals surface area contributed by atoms with Crippen LogP contribution in [0.15, 0.2) is 53.9 Å². The first-order chi connectivity index (χ1) is 14.2. The molecule has 11 heteroatoms. The van der Waals surface area contributed by atoms with Gasteiger partial charge in [-0.05, 0) is 48.5 Å². The first kappa shape index (κ1) is 21.6. The average molecular weight is 456 g/mol. The molecule has 0 unspecified atom stereocenters. The zero-order chi connectivity index (χ0) is 21.7. The van der Waals surface area contributed by atoms with Crippen LogP contribution in [0.1, 0.15) is 16.1 Å². The predicted octanol–water partition coefficient (Wildman–Crippen LogP) is 5.13. The van der Waals surface area contributed by atoms with Gasteiger partial charge < -0.3 is 10.1 Å². The lowest BCUT2D eigenvalue weighted by atomic mass is 10.2. The summed E-state index contributed by atoms with van der Waals surface area (Å²) in [5.74, 6) is -1.17. The van der Waals surface area contributed by atoms with E-state index in [1.807, 2.05) is 0 Å². The van der Waals surface area contributed by atoms with E-state index < -0.39 is 12.3 Å². The molecule has 2 amide bonds. The smallest absolute Gasteiger partial charge is 0.406 e. The number of anilines is 2. The molecule has 2 aromatic carbocycles.